The lowest BCUT2D eigenvalue weighted by molar-refractivity contribution is -0.116. The van der Waals surface area contributed by atoms with Crippen LogP contribution in [-0.4, -0.2) is 25.4 Å². The van der Waals surface area contributed by atoms with Crippen molar-refractivity contribution in [3.63, 3.8) is 0 Å². The van der Waals surface area contributed by atoms with Crippen LogP contribution in [0.5, 0.6) is 0 Å². The highest BCUT2D eigenvalue weighted by Crippen LogP contribution is 2.35. The molecule has 8 heteroatoms. The first kappa shape index (κ1) is 18.4. The fraction of sp³-hybridized carbons (Fsp3) is 0.273. The number of carbonyl (C=O) groups excluding carboxylic acids is 1. The maximum atomic E-state index is 12.5. The van der Waals surface area contributed by atoms with Gasteiger partial charge in [0.1, 0.15) is 5.82 Å². The number of benzene rings is 2. The molecule has 1 amide bonds. The molecule has 4 aromatic rings. The molecule has 0 bridgehead atoms. The van der Waals surface area contributed by atoms with E-state index in [4.69, 9.17) is 0 Å². The lowest BCUT2D eigenvalue weighted by atomic mass is 9.85. The largest absolute Gasteiger partial charge is 0.342 e. The SMILES string of the molecule is O=C(CCn1c(=O)[nH]c(=O)c2ccccc21)Nc1ccc2nc(C3CCC3)[nH]c2c1. The van der Waals surface area contributed by atoms with Crippen molar-refractivity contribution in [1.29, 1.82) is 0 Å². The standard InChI is InChI=1S/C22H21N5O3/c28-19(10-11-27-18-7-2-1-6-15(18)21(29)26-22(27)30)23-14-8-9-16-17(12-14)25-20(24-16)13-4-3-5-13/h1-2,6-9,12-13H,3-5,10-11H2,(H,23,28)(H,24,25)(H,26,29,30). The van der Waals surface area contributed by atoms with Crippen LogP contribution in [0.4, 0.5) is 5.69 Å². The molecule has 1 saturated carbocycles. The lowest BCUT2D eigenvalue weighted by Crippen LogP contribution is -2.31. The van der Waals surface area contributed by atoms with Crippen molar-refractivity contribution in [2.75, 3.05) is 5.32 Å². The fourth-order valence-electron chi connectivity index (χ4n) is 3.88. The van der Waals surface area contributed by atoms with Gasteiger partial charge in [0, 0.05) is 24.6 Å². The third-order valence-corrected chi connectivity index (χ3v) is 5.74. The number of fused-ring (bicyclic) bond motifs is 2. The Morgan fingerprint density at radius 2 is 1.97 bits per heavy atom. The number of anilines is 1. The number of aryl methyl sites for hydroxylation is 1. The zero-order chi connectivity index (χ0) is 20.7. The van der Waals surface area contributed by atoms with E-state index in [0.29, 0.717) is 22.5 Å². The van der Waals surface area contributed by atoms with Crippen molar-refractivity contribution in [2.24, 2.45) is 0 Å². The first-order valence-corrected chi connectivity index (χ1v) is 10.1. The number of nitrogens with one attached hydrogen (secondary N) is 3. The van der Waals surface area contributed by atoms with E-state index in [1.807, 2.05) is 18.2 Å². The van der Waals surface area contributed by atoms with Crippen molar-refractivity contribution >= 4 is 33.5 Å². The Morgan fingerprint density at radius 3 is 2.77 bits per heavy atom. The molecule has 2 aromatic carbocycles. The fourth-order valence-corrected chi connectivity index (χ4v) is 3.88. The Hall–Kier alpha value is -3.68. The highest BCUT2D eigenvalue weighted by molar-refractivity contribution is 5.93. The molecular formula is C22H21N5O3. The number of aromatic amines is 2. The van der Waals surface area contributed by atoms with Gasteiger partial charge in [-0.25, -0.2) is 9.78 Å². The summed E-state index contributed by atoms with van der Waals surface area (Å²) in [6.07, 6.45) is 3.69. The van der Waals surface area contributed by atoms with Crippen molar-refractivity contribution in [3.8, 4) is 0 Å². The summed E-state index contributed by atoms with van der Waals surface area (Å²) in [7, 11) is 0. The molecule has 0 unspecified atom stereocenters. The second-order valence-corrected chi connectivity index (χ2v) is 7.71. The van der Waals surface area contributed by atoms with Gasteiger partial charge in [-0.15, -0.1) is 0 Å². The van der Waals surface area contributed by atoms with Crippen LogP contribution in [0.1, 0.15) is 37.4 Å². The smallest absolute Gasteiger partial charge is 0.328 e. The summed E-state index contributed by atoms with van der Waals surface area (Å²) in [5, 5.41) is 3.30. The number of para-hydroxylation sites is 1. The molecule has 5 rings (SSSR count). The van der Waals surface area contributed by atoms with Gasteiger partial charge in [-0.1, -0.05) is 18.6 Å². The van der Waals surface area contributed by atoms with Crippen LogP contribution in [0, 0.1) is 0 Å². The van der Waals surface area contributed by atoms with Gasteiger partial charge < -0.3 is 10.3 Å². The van der Waals surface area contributed by atoms with Crippen LogP contribution in [0.3, 0.4) is 0 Å². The molecule has 1 aliphatic rings. The van der Waals surface area contributed by atoms with Gasteiger partial charge in [0.05, 0.1) is 21.9 Å². The molecule has 8 nitrogen and oxygen atoms in total. The van der Waals surface area contributed by atoms with E-state index in [1.54, 1.807) is 24.3 Å². The predicted molar refractivity (Wildman–Crippen MR) is 115 cm³/mol. The molecule has 2 heterocycles. The number of nitrogens with zero attached hydrogens (tertiary/aromatic N) is 2. The Bertz CT molecular complexity index is 1380. The predicted octanol–water partition coefficient (Wildman–Crippen LogP) is 2.86. The lowest BCUT2D eigenvalue weighted by Gasteiger charge is -2.22. The van der Waals surface area contributed by atoms with Gasteiger partial charge in [0.2, 0.25) is 5.91 Å². The summed E-state index contributed by atoms with van der Waals surface area (Å²) in [6, 6.07) is 12.5. The monoisotopic (exact) mass is 403 g/mol. The molecule has 0 saturated heterocycles. The molecule has 0 radical (unpaired) electrons. The van der Waals surface area contributed by atoms with Crippen molar-refractivity contribution in [2.45, 2.75) is 38.1 Å². The van der Waals surface area contributed by atoms with Crippen LogP contribution in [-0.2, 0) is 11.3 Å². The van der Waals surface area contributed by atoms with Crippen molar-refractivity contribution in [3.05, 3.63) is 69.1 Å². The van der Waals surface area contributed by atoms with Gasteiger partial charge in [-0.2, -0.15) is 0 Å². The molecule has 0 aliphatic heterocycles. The number of carbonyl (C=O) groups is 1. The van der Waals surface area contributed by atoms with Crippen LogP contribution in [0.2, 0.25) is 0 Å². The van der Waals surface area contributed by atoms with Gasteiger partial charge in [0.25, 0.3) is 5.56 Å². The minimum Gasteiger partial charge on any atom is -0.342 e. The van der Waals surface area contributed by atoms with Crippen molar-refractivity contribution in [1.82, 2.24) is 19.5 Å². The van der Waals surface area contributed by atoms with E-state index < -0.39 is 11.2 Å². The third-order valence-electron chi connectivity index (χ3n) is 5.74. The molecule has 0 atom stereocenters. The third kappa shape index (κ3) is 3.30. The summed E-state index contributed by atoms with van der Waals surface area (Å²) < 4.78 is 1.42. The van der Waals surface area contributed by atoms with Crippen LogP contribution in [0.25, 0.3) is 21.9 Å². The molecule has 2 aromatic heterocycles. The van der Waals surface area contributed by atoms with E-state index in [2.05, 4.69) is 20.3 Å². The van der Waals surface area contributed by atoms with Gasteiger partial charge >= 0.3 is 5.69 Å². The molecule has 152 valence electrons. The Morgan fingerprint density at radius 1 is 1.13 bits per heavy atom. The summed E-state index contributed by atoms with van der Waals surface area (Å²) >= 11 is 0. The molecular weight excluding hydrogens is 382 g/mol. The van der Waals surface area contributed by atoms with E-state index in [0.717, 1.165) is 16.9 Å². The zero-order valence-electron chi connectivity index (χ0n) is 16.3. The van der Waals surface area contributed by atoms with Gasteiger partial charge in [0.15, 0.2) is 0 Å². The maximum Gasteiger partial charge on any atom is 0.328 e. The number of hydrogen-bond acceptors (Lipinski definition) is 4. The highest BCUT2D eigenvalue weighted by Gasteiger charge is 2.22. The average Bonchev–Trinajstić information content (AvgIpc) is 3.09. The maximum absolute atomic E-state index is 12.5. The first-order chi connectivity index (χ1) is 14.6. The quantitative estimate of drug-likeness (QED) is 0.475. The van der Waals surface area contributed by atoms with Gasteiger partial charge in [-0.3, -0.25) is 19.1 Å². The summed E-state index contributed by atoms with van der Waals surface area (Å²) in [5.41, 5.74) is 2.04. The number of rotatable bonds is 5. The molecule has 1 aliphatic carbocycles. The minimum absolute atomic E-state index is 0.101. The van der Waals surface area contributed by atoms with Crippen LogP contribution >= 0.6 is 0 Å². The summed E-state index contributed by atoms with van der Waals surface area (Å²) in [4.78, 5) is 47.0. The topological polar surface area (TPSA) is 113 Å². The van der Waals surface area contributed by atoms with Gasteiger partial charge in [-0.05, 0) is 43.2 Å². The Labute approximate surface area is 171 Å². The normalized spacial score (nSPS) is 14.1. The van der Waals surface area contributed by atoms with Crippen LogP contribution < -0.4 is 16.6 Å². The van der Waals surface area contributed by atoms with Crippen molar-refractivity contribution < 1.29 is 4.79 Å². The summed E-state index contributed by atoms with van der Waals surface area (Å²) in [6.45, 7) is 0.167. The van der Waals surface area contributed by atoms with E-state index in [-0.39, 0.29) is 18.9 Å². The average molecular weight is 403 g/mol. The van der Waals surface area contributed by atoms with E-state index in [9.17, 15) is 14.4 Å². The van der Waals surface area contributed by atoms with E-state index in [1.165, 1.54) is 23.8 Å². The molecule has 30 heavy (non-hydrogen) atoms. The van der Waals surface area contributed by atoms with E-state index >= 15 is 0 Å². The Kier molecular flexibility index (Phi) is 4.46. The molecule has 0 spiro atoms. The second kappa shape index (κ2) is 7.29. The number of aromatic nitrogens is 4. The second-order valence-electron chi connectivity index (χ2n) is 7.71. The number of H-pyrrole nitrogens is 2. The zero-order valence-corrected chi connectivity index (χ0v) is 16.3. The minimum atomic E-state index is -0.520. The summed E-state index contributed by atoms with van der Waals surface area (Å²) in [5.74, 6) is 1.32. The molecule has 3 N–H and O–H groups in total. The molecule has 1 fully saturated rings. The van der Waals surface area contributed by atoms with Crippen LogP contribution in [0.15, 0.2) is 52.1 Å². The first-order valence-electron chi connectivity index (χ1n) is 10.1. The number of amides is 1. The highest BCUT2D eigenvalue weighted by atomic mass is 16.2. The number of hydrogen-bond donors (Lipinski definition) is 3. The Balaban J connectivity index is 1.31. The number of imidazole rings is 1.